The van der Waals surface area contributed by atoms with Gasteiger partial charge in [-0.3, -0.25) is 0 Å². The molecule has 0 aromatic heterocycles. The molecule has 144 valence electrons. The van der Waals surface area contributed by atoms with E-state index in [0.717, 1.165) is 5.56 Å². The minimum Gasteiger partial charge on any atom is -0.508 e. The molecule has 0 heterocycles. The van der Waals surface area contributed by atoms with Gasteiger partial charge in [-0.2, -0.15) is 0 Å². The second-order valence-corrected chi connectivity index (χ2v) is 7.99. The van der Waals surface area contributed by atoms with Crippen LogP contribution in [0.2, 0.25) is 0 Å². The number of phenols is 1. The Balaban J connectivity index is 1.62. The number of benzene rings is 3. The molecule has 0 amide bonds. The van der Waals surface area contributed by atoms with Crippen molar-refractivity contribution in [1.29, 1.82) is 0 Å². The van der Waals surface area contributed by atoms with Crippen LogP contribution in [0.25, 0.3) is 0 Å². The third-order valence-corrected chi connectivity index (χ3v) is 5.68. The molecule has 0 aliphatic carbocycles. The second kappa shape index (κ2) is 8.14. The van der Waals surface area contributed by atoms with E-state index in [1.54, 1.807) is 12.1 Å². The first-order chi connectivity index (χ1) is 13.3. The van der Waals surface area contributed by atoms with Crippen LogP contribution in [0.1, 0.15) is 5.56 Å². The zero-order valence-corrected chi connectivity index (χ0v) is 15.8. The third-order valence-electron chi connectivity index (χ3n) is 3.89. The molecule has 3 rings (SSSR count). The number of phenolic OH excluding ortho intramolecular Hbond substituents is 1. The maximum Gasteiger partial charge on any atom is 0.349 e. The fourth-order valence-corrected chi connectivity index (χ4v) is 3.65. The Labute approximate surface area is 162 Å². The molecule has 0 unspecified atom stereocenters. The molecule has 0 saturated heterocycles. The average Bonchev–Trinajstić information content (AvgIpc) is 2.69. The summed E-state index contributed by atoms with van der Waals surface area (Å²) in [6.07, 6.45) is 0. The van der Waals surface area contributed by atoms with Crippen molar-refractivity contribution in [2.75, 3.05) is 6.61 Å². The highest BCUT2D eigenvalue weighted by Gasteiger charge is 2.17. The normalized spacial score (nSPS) is 11.0. The van der Waals surface area contributed by atoms with E-state index in [9.17, 15) is 18.3 Å². The van der Waals surface area contributed by atoms with Crippen molar-refractivity contribution in [3.8, 4) is 17.2 Å². The van der Waals surface area contributed by atoms with Gasteiger partial charge in [0.1, 0.15) is 17.2 Å². The number of hydrogen-bond donors (Lipinski definition) is 1. The lowest BCUT2D eigenvalue weighted by atomic mass is 10.2. The van der Waals surface area contributed by atoms with Crippen LogP contribution in [0.3, 0.4) is 0 Å². The third kappa shape index (κ3) is 4.69. The van der Waals surface area contributed by atoms with Crippen molar-refractivity contribution >= 4 is 15.8 Å². The number of esters is 1. The van der Waals surface area contributed by atoms with E-state index in [2.05, 4.69) is 0 Å². The number of aromatic hydroxyl groups is 1. The standard InChI is InChI=1S/C21H18O6S/c1-15-2-6-18(7-3-15)27-21(23)14-26-17-8-12-20(13-9-17)28(24,25)19-10-4-16(22)5-11-19/h2-13,22H,14H2,1H3. The van der Waals surface area contributed by atoms with Crippen molar-refractivity contribution in [1.82, 2.24) is 0 Å². The fraction of sp³-hybridized carbons (Fsp3) is 0.0952. The van der Waals surface area contributed by atoms with Crippen molar-refractivity contribution in [3.63, 3.8) is 0 Å². The first-order valence-electron chi connectivity index (χ1n) is 8.39. The summed E-state index contributed by atoms with van der Waals surface area (Å²) in [5.74, 6) is 0.185. The van der Waals surface area contributed by atoms with E-state index in [0.29, 0.717) is 11.5 Å². The molecule has 7 heteroatoms. The summed E-state index contributed by atoms with van der Waals surface area (Å²) in [6.45, 7) is 1.62. The Morgan fingerprint density at radius 3 is 1.89 bits per heavy atom. The van der Waals surface area contributed by atoms with Gasteiger partial charge in [0.25, 0.3) is 0 Å². The molecule has 0 aliphatic rings. The van der Waals surface area contributed by atoms with Crippen LogP contribution in [-0.2, 0) is 14.6 Å². The van der Waals surface area contributed by atoms with Crippen LogP contribution in [0, 0.1) is 6.92 Å². The van der Waals surface area contributed by atoms with E-state index >= 15 is 0 Å². The summed E-state index contributed by atoms with van der Waals surface area (Å²) in [5, 5.41) is 9.29. The van der Waals surface area contributed by atoms with Crippen LogP contribution in [-0.4, -0.2) is 26.1 Å². The molecule has 0 aliphatic heterocycles. The minimum atomic E-state index is -3.71. The van der Waals surface area contributed by atoms with Gasteiger partial charge in [-0.15, -0.1) is 0 Å². The molecule has 3 aromatic rings. The monoisotopic (exact) mass is 398 g/mol. The SMILES string of the molecule is Cc1ccc(OC(=O)COc2ccc(S(=O)(=O)c3ccc(O)cc3)cc2)cc1. The van der Waals surface area contributed by atoms with Crippen molar-refractivity contribution in [2.24, 2.45) is 0 Å². The molecule has 0 atom stereocenters. The molecular weight excluding hydrogens is 380 g/mol. The van der Waals surface area contributed by atoms with Crippen LogP contribution in [0.5, 0.6) is 17.2 Å². The molecule has 0 bridgehead atoms. The predicted octanol–water partition coefficient (Wildman–Crippen LogP) is 3.52. The molecule has 0 saturated carbocycles. The number of ether oxygens (including phenoxy) is 2. The zero-order chi connectivity index (χ0) is 20.1. The van der Waals surface area contributed by atoms with E-state index in [-0.39, 0.29) is 22.1 Å². The summed E-state index contributed by atoms with van der Waals surface area (Å²) >= 11 is 0. The lowest BCUT2D eigenvalue weighted by Gasteiger charge is -2.08. The molecule has 28 heavy (non-hydrogen) atoms. The maximum atomic E-state index is 12.6. The summed E-state index contributed by atoms with van der Waals surface area (Å²) in [7, 11) is -3.71. The Hall–Kier alpha value is -3.32. The smallest absolute Gasteiger partial charge is 0.349 e. The van der Waals surface area contributed by atoms with Crippen LogP contribution < -0.4 is 9.47 Å². The first-order valence-corrected chi connectivity index (χ1v) is 9.87. The van der Waals surface area contributed by atoms with Gasteiger partial charge in [-0.05, 0) is 67.6 Å². The Kier molecular flexibility index (Phi) is 5.65. The maximum absolute atomic E-state index is 12.6. The van der Waals surface area contributed by atoms with Crippen molar-refractivity contribution in [3.05, 3.63) is 78.4 Å². The minimum absolute atomic E-state index is 0.0137. The van der Waals surface area contributed by atoms with E-state index < -0.39 is 15.8 Å². The van der Waals surface area contributed by atoms with Crippen LogP contribution >= 0.6 is 0 Å². The average molecular weight is 398 g/mol. The van der Waals surface area contributed by atoms with Gasteiger partial charge in [-0.25, -0.2) is 13.2 Å². The highest BCUT2D eigenvalue weighted by atomic mass is 32.2. The van der Waals surface area contributed by atoms with Gasteiger partial charge in [0.05, 0.1) is 9.79 Å². The number of aryl methyl sites for hydroxylation is 1. The largest absolute Gasteiger partial charge is 0.508 e. The quantitative estimate of drug-likeness (QED) is 0.505. The second-order valence-electron chi connectivity index (χ2n) is 6.04. The molecule has 3 aromatic carbocycles. The van der Waals surface area contributed by atoms with Crippen molar-refractivity contribution < 1.29 is 27.8 Å². The zero-order valence-electron chi connectivity index (χ0n) is 15.0. The van der Waals surface area contributed by atoms with Crippen molar-refractivity contribution in [2.45, 2.75) is 16.7 Å². The van der Waals surface area contributed by atoms with E-state index in [1.165, 1.54) is 48.5 Å². The summed E-state index contributed by atoms with van der Waals surface area (Å²) in [5.41, 5.74) is 1.05. The van der Waals surface area contributed by atoms with Gasteiger partial charge in [0.2, 0.25) is 9.84 Å². The number of rotatable bonds is 6. The molecule has 0 fully saturated rings. The Bertz CT molecular complexity index is 1050. The Morgan fingerprint density at radius 2 is 1.32 bits per heavy atom. The topological polar surface area (TPSA) is 89.9 Å². The summed E-state index contributed by atoms with van der Waals surface area (Å²) < 4.78 is 35.6. The fourth-order valence-electron chi connectivity index (χ4n) is 2.39. The Morgan fingerprint density at radius 1 is 0.821 bits per heavy atom. The lowest BCUT2D eigenvalue weighted by Crippen LogP contribution is -2.17. The molecule has 6 nitrogen and oxygen atoms in total. The van der Waals surface area contributed by atoms with Gasteiger partial charge >= 0.3 is 5.97 Å². The van der Waals surface area contributed by atoms with Gasteiger partial charge in [-0.1, -0.05) is 17.7 Å². The van der Waals surface area contributed by atoms with Gasteiger partial charge in [0, 0.05) is 0 Å². The predicted molar refractivity (Wildman–Crippen MR) is 102 cm³/mol. The van der Waals surface area contributed by atoms with Crippen LogP contribution in [0.4, 0.5) is 0 Å². The molecule has 0 radical (unpaired) electrons. The highest BCUT2D eigenvalue weighted by molar-refractivity contribution is 7.91. The van der Waals surface area contributed by atoms with E-state index in [1.807, 2.05) is 19.1 Å². The summed E-state index contributed by atoms with van der Waals surface area (Å²) in [4.78, 5) is 12.0. The highest BCUT2D eigenvalue weighted by Crippen LogP contribution is 2.24. The lowest BCUT2D eigenvalue weighted by molar-refractivity contribution is -0.136. The van der Waals surface area contributed by atoms with Gasteiger partial charge in [0.15, 0.2) is 6.61 Å². The number of carbonyl (C=O) groups excluding carboxylic acids is 1. The number of sulfone groups is 1. The van der Waals surface area contributed by atoms with Gasteiger partial charge < -0.3 is 14.6 Å². The van der Waals surface area contributed by atoms with E-state index in [4.69, 9.17) is 9.47 Å². The molecular formula is C21H18O6S. The summed E-state index contributed by atoms with van der Waals surface area (Å²) in [6, 6.07) is 18.0. The molecule has 1 N–H and O–H groups in total. The first kappa shape index (κ1) is 19.4. The van der Waals surface area contributed by atoms with Crippen LogP contribution in [0.15, 0.2) is 82.6 Å². The number of hydrogen-bond acceptors (Lipinski definition) is 6. The number of carbonyl (C=O) groups is 1. The molecule has 0 spiro atoms.